The minimum Gasteiger partial charge on any atom is -0.497 e. The molecule has 1 aromatic heterocycles. The summed E-state index contributed by atoms with van der Waals surface area (Å²) in [6.07, 6.45) is 8.54. The van der Waals surface area contributed by atoms with Crippen molar-refractivity contribution in [3.05, 3.63) is 35.5 Å². The average Bonchev–Trinajstić information content (AvgIpc) is 3.12. The van der Waals surface area contributed by atoms with Gasteiger partial charge in [0.15, 0.2) is 0 Å². The Morgan fingerprint density at radius 1 is 1.13 bits per heavy atom. The van der Waals surface area contributed by atoms with Crippen LogP contribution in [0.1, 0.15) is 67.9 Å². The Kier molecular flexibility index (Phi) is 8.05. The smallest absolute Gasteiger partial charge is 0.255 e. The van der Waals surface area contributed by atoms with Crippen LogP contribution in [0.15, 0.2) is 24.3 Å². The highest BCUT2D eigenvalue weighted by atomic mass is 16.5. The summed E-state index contributed by atoms with van der Waals surface area (Å²) in [5, 5.41) is 0. The van der Waals surface area contributed by atoms with E-state index in [-0.39, 0.29) is 5.91 Å². The number of benzene rings is 1. The first-order chi connectivity index (χ1) is 15.0. The summed E-state index contributed by atoms with van der Waals surface area (Å²) in [5.41, 5.74) is 3.83. The van der Waals surface area contributed by atoms with Gasteiger partial charge in [-0.3, -0.25) is 4.79 Å². The number of carbonyl (C=O) groups is 1. The number of carbonyl (C=O) groups excluding carboxylic acids is 1. The van der Waals surface area contributed by atoms with Gasteiger partial charge in [0.2, 0.25) is 0 Å². The largest absolute Gasteiger partial charge is 0.497 e. The fraction of sp³-hybridized carbons (Fsp3) is 0.577. The fourth-order valence-corrected chi connectivity index (χ4v) is 4.66. The van der Waals surface area contributed by atoms with Crippen molar-refractivity contribution in [2.75, 3.05) is 27.8 Å². The molecule has 1 saturated carbocycles. The van der Waals surface area contributed by atoms with Crippen molar-refractivity contribution in [2.45, 2.75) is 65.3 Å². The molecule has 1 aromatic carbocycles. The lowest BCUT2D eigenvalue weighted by Gasteiger charge is -2.25. The van der Waals surface area contributed by atoms with E-state index in [0.29, 0.717) is 5.92 Å². The molecule has 0 N–H and O–H groups in total. The van der Waals surface area contributed by atoms with Gasteiger partial charge in [0.05, 0.1) is 25.5 Å². The molecule has 1 fully saturated rings. The van der Waals surface area contributed by atoms with E-state index in [1.165, 1.54) is 32.1 Å². The Bertz CT molecular complexity index is 881. The summed E-state index contributed by atoms with van der Waals surface area (Å²) in [7, 11) is 5.27. The quantitative estimate of drug-likeness (QED) is 0.499. The normalized spacial score (nSPS) is 14.5. The standard InChI is InChI=1S/C26H38N2O3/c1-6-7-15-27(3)26(29)22-17-24(23-16-21(30-4)13-14-25(23)31-5)28(19(22)2)18-20-11-9-8-10-12-20/h13-14,16-17,20H,6-12,15,18H2,1-5H3. The van der Waals surface area contributed by atoms with Crippen molar-refractivity contribution in [2.24, 2.45) is 5.92 Å². The van der Waals surface area contributed by atoms with Crippen molar-refractivity contribution < 1.29 is 14.3 Å². The molecule has 1 amide bonds. The van der Waals surface area contributed by atoms with Gasteiger partial charge in [-0.2, -0.15) is 0 Å². The number of aromatic nitrogens is 1. The van der Waals surface area contributed by atoms with Crippen LogP contribution in [-0.2, 0) is 6.54 Å². The van der Waals surface area contributed by atoms with E-state index in [2.05, 4.69) is 24.5 Å². The minimum atomic E-state index is 0.0939. The van der Waals surface area contributed by atoms with Crippen LogP contribution in [0.5, 0.6) is 11.5 Å². The van der Waals surface area contributed by atoms with Crippen LogP contribution in [0.4, 0.5) is 0 Å². The molecule has 5 heteroatoms. The van der Waals surface area contributed by atoms with Gasteiger partial charge in [-0.1, -0.05) is 32.6 Å². The van der Waals surface area contributed by atoms with Crippen LogP contribution < -0.4 is 9.47 Å². The molecular weight excluding hydrogens is 388 g/mol. The molecule has 1 aliphatic rings. The van der Waals surface area contributed by atoms with E-state index < -0.39 is 0 Å². The Morgan fingerprint density at radius 2 is 1.87 bits per heavy atom. The lowest BCUT2D eigenvalue weighted by atomic mass is 9.89. The van der Waals surface area contributed by atoms with Gasteiger partial charge >= 0.3 is 0 Å². The topological polar surface area (TPSA) is 43.7 Å². The molecule has 0 bridgehead atoms. The maximum absolute atomic E-state index is 13.3. The summed E-state index contributed by atoms with van der Waals surface area (Å²) >= 11 is 0. The van der Waals surface area contributed by atoms with Crippen LogP contribution in [-0.4, -0.2) is 43.2 Å². The third-order valence-corrected chi connectivity index (χ3v) is 6.64. The first-order valence-corrected chi connectivity index (χ1v) is 11.7. The summed E-state index contributed by atoms with van der Waals surface area (Å²) < 4.78 is 13.5. The van der Waals surface area contributed by atoms with E-state index in [1.807, 2.05) is 30.1 Å². The number of nitrogens with zero attached hydrogens (tertiary/aromatic N) is 2. The lowest BCUT2D eigenvalue weighted by molar-refractivity contribution is 0.0792. The summed E-state index contributed by atoms with van der Waals surface area (Å²) in [5.74, 6) is 2.32. The average molecular weight is 427 g/mol. The van der Waals surface area contributed by atoms with Crippen molar-refractivity contribution in [3.8, 4) is 22.8 Å². The number of methoxy groups -OCH3 is 2. The van der Waals surface area contributed by atoms with Gasteiger partial charge in [0, 0.05) is 31.4 Å². The number of amides is 1. The molecule has 3 rings (SSSR count). The predicted octanol–water partition coefficient (Wildman–Crippen LogP) is 5.93. The first kappa shape index (κ1) is 23.2. The third-order valence-electron chi connectivity index (χ3n) is 6.64. The van der Waals surface area contributed by atoms with E-state index >= 15 is 0 Å². The minimum absolute atomic E-state index is 0.0939. The zero-order valence-electron chi connectivity index (χ0n) is 19.9. The summed E-state index contributed by atoms with van der Waals surface area (Å²) in [4.78, 5) is 15.1. The van der Waals surface area contributed by atoms with Crippen molar-refractivity contribution >= 4 is 5.91 Å². The van der Waals surface area contributed by atoms with E-state index in [1.54, 1.807) is 14.2 Å². The molecule has 2 aromatic rings. The van der Waals surface area contributed by atoms with Gasteiger partial charge in [0.1, 0.15) is 11.5 Å². The molecule has 0 unspecified atom stereocenters. The second-order valence-electron chi connectivity index (χ2n) is 8.79. The predicted molar refractivity (Wildman–Crippen MR) is 126 cm³/mol. The van der Waals surface area contributed by atoms with Crippen LogP contribution in [0.2, 0.25) is 0 Å². The zero-order valence-corrected chi connectivity index (χ0v) is 19.9. The second-order valence-corrected chi connectivity index (χ2v) is 8.79. The molecular formula is C26H38N2O3. The third kappa shape index (κ3) is 5.25. The molecule has 0 saturated heterocycles. The molecule has 31 heavy (non-hydrogen) atoms. The molecule has 1 heterocycles. The Hall–Kier alpha value is -2.43. The van der Waals surface area contributed by atoms with Crippen molar-refractivity contribution in [3.63, 3.8) is 0 Å². The second kappa shape index (κ2) is 10.7. The molecule has 170 valence electrons. The van der Waals surface area contributed by atoms with E-state index in [0.717, 1.165) is 59.9 Å². The number of rotatable bonds is 9. The molecule has 0 aliphatic heterocycles. The summed E-state index contributed by atoms with van der Waals surface area (Å²) in [6.45, 7) is 5.95. The van der Waals surface area contributed by atoms with Gasteiger partial charge in [-0.15, -0.1) is 0 Å². The first-order valence-electron chi connectivity index (χ1n) is 11.7. The monoisotopic (exact) mass is 426 g/mol. The van der Waals surface area contributed by atoms with Gasteiger partial charge in [0.25, 0.3) is 5.91 Å². The van der Waals surface area contributed by atoms with Crippen LogP contribution >= 0.6 is 0 Å². The zero-order chi connectivity index (χ0) is 22.4. The van der Waals surface area contributed by atoms with Gasteiger partial charge < -0.3 is 18.9 Å². The Morgan fingerprint density at radius 3 is 2.52 bits per heavy atom. The highest BCUT2D eigenvalue weighted by molar-refractivity contribution is 5.97. The van der Waals surface area contributed by atoms with E-state index in [4.69, 9.17) is 9.47 Å². The highest BCUT2D eigenvalue weighted by Gasteiger charge is 2.25. The van der Waals surface area contributed by atoms with Crippen LogP contribution in [0.3, 0.4) is 0 Å². The fourth-order valence-electron chi connectivity index (χ4n) is 4.66. The Balaban J connectivity index is 2.07. The number of unbranched alkanes of at least 4 members (excludes halogenated alkanes) is 1. The molecule has 0 radical (unpaired) electrons. The highest BCUT2D eigenvalue weighted by Crippen LogP contribution is 2.37. The van der Waals surface area contributed by atoms with E-state index in [9.17, 15) is 4.79 Å². The molecule has 1 aliphatic carbocycles. The van der Waals surface area contributed by atoms with Gasteiger partial charge in [-0.25, -0.2) is 0 Å². The molecule has 0 atom stereocenters. The van der Waals surface area contributed by atoms with Crippen molar-refractivity contribution in [1.29, 1.82) is 0 Å². The van der Waals surface area contributed by atoms with Crippen LogP contribution in [0.25, 0.3) is 11.3 Å². The number of ether oxygens (including phenoxy) is 2. The summed E-state index contributed by atoms with van der Waals surface area (Å²) in [6, 6.07) is 7.92. The van der Waals surface area contributed by atoms with Gasteiger partial charge in [-0.05, 0) is 56.4 Å². The Labute approximate surface area is 187 Å². The van der Waals surface area contributed by atoms with Crippen LogP contribution in [0, 0.1) is 12.8 Å². The SMILES string of the molecule is CCCCN(C)C(=O)c1cc(-c2cc(OC)ccc2OC)n(CC2CCCCC2)c1C. The molecule has 5 nitrogen and oxygen atoms in total. The maximum Gasteiger partial charge on any atom is 0.255 e. The number of hydrogen-bond acceptors (Lipinski definition) is 3. The lowest BCUT2D eigenvalue weighted by Crippen LogP contribution is -2.28. The molecule has 0 spiro atoms. The van der Waals surface area contributed by atoms with Crippen molar-refractivity contribution in [1.82, 2.24) is 9.47 Å². The number of hydrogen-bond donors (Lipinski definition) is 0. The maximum atomic E-state index is 13.3.